The first-order valence-corrected chi connectivity index (χ1v) is 47.8. The first kappa shape index (κ1) is 110. The summed E-state index contributed by atoms with van der Waals surface area (Å²) in [6.45, 7) is 25.4. The van der Waals surface area contributed by atoms with Gasteiger partial charge in [0.05, 0.1) is 48.8 Å². The van der Waals surface area contributed by atoms with Crippen molar-refractivity contribution in [3.63, 3.8) is 0 Å². The molecule has 0 radical (unpaired) electrons. The number of nitrogens with zero attached hydrogens (tertiary/aromatic N) is 2. The van der Waals surface area contributed by atoms with Crippen molar-refractivity contribution in [1.29, 1.82) is 0 Å². The number of carbonyl (C=O) groups is 10. The van der Waals surface area contributed by atoms with Crippen LogP contribution in [0.2, 0.25) is 0 Å². The van der Waals surface area contributed by atoms with Crippen molar-refractivity contribution in [1.82, 2.24) is 9.80 Å². The molecular formula is C102H158N2O26. The Morgan fingerprint density at radius 3 is 1.28 bits per heavy atom. The van der Waals surface area contributed by atoms with Gasteiger partial charge in [-0.05, 0) is 214 Å². The van der Waals surface area contributed by atoms with E-state index in [1.807, 2.05) is 116 Å². The molecule has 2 saturated carbocycles. The van der Waals surface area contributed by atoms with Crippen LogP contribution in [0.3, 0.4) is 0 Å². The zero-order valence-corrected chi connectivity index (χ0v) is 81.2. The van der Waals surface area contributed by atoms with E-state index in [-0.39, 0.29) is 116 Å². The number of cyclic esters (lactones) is 2. The molecule has 4 bridgehead atoms. The van der Waals surface area contributed by atoms with Crippen molar-refractivity contribution in [3.05, 3.63) is 95.2 Å². The Hall–Kier alpha value is -6.74. The lowest BCUT2D eigenvalue weighted by atomic mass is 9.78. The normalized spacial score (nSPS) is 39.4. The number of carbonyl (C=O) groups excluding carboxylic acids is 10. The van der Waals surface area contributed by atoms with Crippen LogP contribution >= 0.6 is 0 Å². The van der Waals surface area contributed by atoms with E-state index in [1.165, 1.54) is 24.0 Å². The average molecular weight is 1830 g/mol. The fourth-order valence-corrected chi connectivity index (χ4v) is 20.2. The average Bonchev–Trinajstić information content (AvgIpc) is 1.39. The summed E-state index contributed by atoms with van der Waals surface area (Å²) in [5.41, 5.74) is 2.50. The van der Waals surface area contributed by atoms with E-state index in [0.717, 1.165) is 24.0 Å². The zero-order chi connectivity index (χ0) is 96.3. The van der Waals surface area contributed by atoms with Gasteiger partial charge in [0.2, 0.25) is 11.6 Å². The predicted octanol–water partition coefficient (Wildman–Crippen LogP) is 12.4. The number of aliphatic hydroxyl groups is 6. The minimum atomic E-state index is -2.85. The van der Waals surface area contributed by atoms with Crippen LogP contribution in [0.25, 0.3) is 0 Å². The molecule has 30 atom stereocenters. The maximum atomic E-state index is 14.6. The van der Waals surface area contributed by atoms with Crippen LogP contribution < -0.4 is 0 Å². The van der Waals surface area contributed by atoms with Crippen molar-refractivity contribution >= 4 is 58.5 Å². The molecule has 6 N–H and O–H groups in total. The van der Waals surface area contributed by atoms with Crippen LogP contribution in [0.1, 0.15) is 251 Å². The van der Waals surface area contributed by atoms with Gasteiger partial charge >= 0.3 is 17.7 Å². The van der Waals surface area contributed by atoms with Crippen LogP contribution in [0, 0.1) is 71.0 Å². The standard InChI is InChI=1S/2C51H79NO13/c1-30-16-12-11-13-17-31(2)42(61-8)28-38-21-19-36(7)51(60,65-38)48(57)49(58)52-23-15-14-18-39(52)50(59)64-43(33(4)26-37-20-22-40(53)44(27-37)62-9)29-41(54)32(3)25-35(6)46(56)47(63-10)45(55)34(5)24-30;1-30-16-12-11-13-17-31(2)42(61-8)28-38-21-19-32(3)48(57)51(60,65-38)50(59)52-23-15-14-18-39(52)49(58)64-43(34(5)26-37-20-22-40(53)44(27-37)62-9)29-41(54)33(4)25-36(7)46(56)47(63-10)45(55)35(6)24-30/h11-13,16-17,25,30,32-34,36-40,42-44,46-47,53,56,60H,14-15,18-24,26-29H2,1-10H3;11-13,16-17,25,30,32-35,37-40,42-44,46-47,53,56,60H,14-15,18-24,26-29H2,1-10H3/b13-11?,16-12+,31-17?,35-25+;13-11+,16-12+,31-17?,36-25+/t30-,32-,33-,34-,36-,37+,38+,39+,40-,42+,43+,44-,46-,47+,51-;30-,32-,33-,34-,35-,37+,38+,39+,40-,42+,43+,44-,46-,47+,51?/m11/s1. The van der Waals surface area contributed by atoms with Crippen LogP contribution in [-0.4, -0.2) is 264 Å². The van der Waals surface area contributed by atoms with Crippen molar-refractivity contribution in [2.24, 2.45) is 71.0 Å². The lowest BCUT2D eigenvalue weighted by Gasteiger charge is -2.42. The van der Waals surface area contributed by atoms with Crippen LogP contribution in [0.4, 0.5) is 0 Å². The maximum absolute atomic E-state index is 14.6. The fourth-order valence-electron chi connectivity index (χ4n) is 20.2. The van der Waals surface area contributed by atoms with Gasteiger partial charge in [-0.3, -0.25) is 38.4 Å². The minimum absolute atomic E-state index is 0.0147. The molecule has 6 heterocycles. The van der Waals surface area contributed by atoms with Gasteiger partial charge in [0.25, 0.3) is 17.6 Å². The van der Waals surface area contributed by atoms with E-state index in [4.69, 9.17) is 47.4 Å². The largest absolute Gasteiger partial charge is 0.460 e. The van der Waals surface area contributed by atoms with E-state index in [2.05, 4.69) is 0 Å². The van der Waals surface area contributed by atoms with Crippen LogP contribution in [0.15, 0.2) is 95.2 Å². The smallest absolute Gasteiger partial charge is 0.329 e. The first-order valence-electron chi connectivity index (χ1n) is 47.8. The summed E-state index contributed by atoms with van der Waals surface area (Å²) in [7, 11) is 9.03. The second kappa shape index (κ2) is 52.4. The Balaban J connectivity index is 0.000000356. The second-order valence-corrected chi connectivity index (χ2v) is 39.2. The molecule has 0 aromatic rings. The summed E-state index contributed by atoms with van der Waals surface area (Å²) in [5.74, 6) is -16.0. The fraction of sp³-hybridized carbons (Fsp3) is 0.745. The van der Waals surface area contributed by atoms with Gasteiger partial charge in [-0.25, -0.2) is 9.59 Å². The van der Waals surface area contributed by atoms with E-state index < -0.39 is 168 Å². The molecule has 0 aromatic carbocycles. The second-order valence-electron chi connectivity index (χ2n) is 39.2. The van der Waals surface area contributed by atoms with Gasteiger partial charge in [-0.15, -0.1) is 0 Å². The predicted molar refractivity (Wildman–Crippen MR) is 490 cm³/mol. The SMILES string of the molecule is CO[C@H]1C[C@@H]2CC[C@@H](C)C(=O)C(O)(O2)C(=O)N2CCCC[C@H]2C(=O)O[C@H]([C@H](C)C[C@@H]2CC[C@@H](O)[C@H](OC)C2)CC(=O)[C@H](C)/C=C(\C)[C@@H](O)[C@@H](OC)C(=O)[C@H](C)C[C@H](C)/C=C/C=C/C=C1C.CO[C@H]1C[C@@H]2CC[C@@H](C)[C@@](O)(O2)C(=O)C(=O)N2CCCC[C@H]2C(=O)O[C@H]([C@H](C)C[C@@H]2CC[C@@H](O)[C@H](OC)C2)CC(=O)[C@H](C)/C=C(\C)[C@@H](O)[C@@H](OC)C(=O)[C@H](C)C[C@H](C)/C=C/C=CC=C1C. The molecule has 4 saturated heterocycles. The van der Waals surface area contributed by atoms with Crippen molar-refractivity contribution in [2.75, 3.05) is 55.7 Å². The van der Waals surface area contributed by atoms with E-state index in [1.54, 1.807) is 82.1 Å². The molecule has 1 unspecified atom stereocenters. The lowest BCUT2D eigenvalue weighted by Crippen LogP contribution is -2.62. The molecule has 28 heteroatoms. The monoisotopic (exact) mass is 1830 g/mol. The number of rotatable bonds is 12. The summed E-state index contributed by atoms with van der Waals surface area (Å²) in [6.07, 6.45) is 21.8. The summed E-state index contributed by atoms with van der Waals surface area (Å²) in [5, 5.41) is 67.9. The molecule has 2 amide bonds. The number of hydrogen-bond acceptors (Lipinski definition) is 26. The third kappa shape index (κ3) is 30.1. The third-order valence-electron chi connectivity index (χ3n) is 28.8. The number of amides is 2. The number of fused-ring (bicyclic) bond motifs is 6. The molecule has 6 aliphatic heterocycles. The number of hydrogen-bond donors (Lipinski definition) is 6. The zero-order valence-electron chi connectivity index (χ0n) is 81.2. The molecule has 130 heavy (non-hydrogen) atoms. The van der Waals surface area contributed by atoms with Crippen LogP contribution in [0.5, 0.6) is 0 Å². The van der Waals surface area contributed by atoms with Gasteiger partial charge < -0.3 is 87.8 Å². The van der Waals surface area contributed by atoms with Gasteiger partial charge in [0.15, 0.2) is 11.6 Å². The minimum Gasteiger partial charge on any atom is -0.460 e. The summed E-state index contributed by atoms with van der Waals surface area (Å²) in [6, 6.07) is -2.30. The Kier molecular flexibility index (Phi) is 44.4. The Labute approximate surface area is 772 Å². The number of aliphatic hydroxyl groups excluding tert-OH is 4. The Morgan fingerprint density at radius 2 is 0.862 bits per heavy atom. The molecule has 0 spiro atoms. The molecule has 8 aliphatic rings. The summed E-state index contributed by atoms with van der Waals surface area (Å²) >= 11 is 0. The van der Waals surface area contributed by atoms with Crippen molar-refractivity contribution in [3.8, 4) is 0 Å². The number of ether oxygens (including phenoxy) is 10. The molecule has 0 aromatic heterocycles. The number of esters is 2. The quantitative estimate of drug-likeness (QED) is 0.0457. The molecule has 28 nitrogen and oxygen atoms in total. The highest BCUT2D eigenvalue weighted by atomic mass is 16.7. The highest BCUT2D eigenvalue weighted by Gasteiger charge is 2.57. The van der Waals surface area contributed by atoms with Gasteiger partial charge in [-0.1, -0.05) is 142 Å². The highest BCUT2D eigenvalue weighted by molar-refractivity contribution is 6.39. The van der Waals surface area contributed by atoms with Gasteiger partial charge in [0, 0.05) is 117 Å². The van der Waals surface area contributed by atoms with E-state index >= 15 is 0 Å². The Bertz CT molecular complexity index is 4010. The van der Waals surface area contributed by atoms with E-state index in [9.17, 15) is 78.6 Å². The highest BCUT2D eigenvalue weighted by Crippen LogP contribution is 2.41. The molecular weight excluding hydrogens is 1670 g/mol. The Morgan fingerprint density at radius 1 is 0.446 bits per heavy atom. The molecule has 2 aliphatic carbocycles. The third-order valence-corrected chi connectivity index (χ3v) is 28.8. The number of allylic oxidation sites excluding steroid dienone is 12. The van der Waals surface area contributed by atoms with Crippen molar-refractivity contribution in [2.45, 2.75) is 360 Å². The summed E-state index contributed by atoms with van der Waals surface area (Å²) in [4.78, 5) is 144. The van der Waals surface area contributed by atoms with Crippen LogP contribution in [-0.2, 0) is 95.3 Å². The molecule has 8 rings (SSSR count). The van der Waals surface area contributed by atoms with Gasteiger partial charge in [-0.2, -0.15) is 0 Å². The number of piperidine rings is 2. The first-order chi connectivity index (χ1) is 61.5. The molecule has 6 fully saturated rings. The maximum Gasteiger partial charge on any atom is 0.329 e. The number of ketones is 6. The number of methoxy groups -OCH3 is 6. The van der Waals surface area contributed by atoms with E-state index in [0.29, 0.717) is 120 Å². The summed E-state index contributed by atoms with van der Waals surface area (Å²) < 4.78 is 58.8. The lowest BCUT2D eigenvalue weighted by molar-refractivity contribution is -0.265. The van der Waals surface area contributed by atoms with Crippen molar-refractivity contribution < 1.29 is 126 Å². The topological polar surface area (TPSA) is 391 Å². The number of Topliss-reactive ketones (excluding diaryl/α,β-unsaturated/α-hetero) is 6. The van der Waals surface area contributed by atoms with Gasteiger partial charge in [0.1, 0.15) is 60.3 Å². The molecule has 732 valence electrons.